The number of nitrogen functional groups attached to an aromatic ring is 1. The molecule has 0 bridgehead atoms. The number of anilines is 2. The summed E-state index contributed by atoms with van der Waals surface area (Å²) in [7, 11) is -2.08. The lowest BCUT2D eigenvalue weighted by Gasteiger charge is -2.41. The molecule has 0 aliphatic carbocycles. The zero-order chi connectivity index (χ0) is 14.2. The predicted molar refractivity (Wildman–Crippen MR) is 85.3 cm³/mol. The van der Waals surface area contributed by atoms with E-state index in [0.29, 0.717) is 5.69 Å². The lowest BCUT2D eigenvalue weighted by atomic mass is 10.1. The molecule has 0 amide bonds. The first-order valence-corrected chi connectivity index (χ1v) is 8.89. The summed E-state index contributed by atoms with van der Waals surface area (Å²) in [5, 5.41) is 0.210. The maximum Gasteiger partial charge on any atom is 0.0738 e. The molecule has 1 atom stereocenters. The third-order valence-corrected chi connectivity index (χ3v) is 7.14. The number of rotatable bonds is 3. The van der Waals surface area contributed by atoms with E-state index in [-0.39, 0.29) is 5.25 Å². The summed E-state index contributed by atoms with van der Waals surface area (Å²) in [5.41, 5.74) is 7.72. The standard InChI is InChI=1S/C14H22N4OS/c1-20(19,18-7-2-8-18)12-4-9-17(10-5-12)14-3-6-16-11-13(14)15/h3,6,11-12H,1-2,4-5,7-10,15H2. The largest absolute Gasteiger partial charge is 0.396 e. The molecular formula is C14H22N4OS. The summed E-state index contributed by atoms with van der Waals surface area (Å²) in [5.74, 6) is 4.03. The van der Waals surface area contributed by atoms with Crippen molar-refractivity contribution in [2.24, 2.45) is 0 Å². The maximum atomic E-state index is 12.8. The molecule has 2 saturated heterocycles. The first-order valence-electron chi connectivity index (χ1n) is 7.14. The van der Waals surface area contributed by atoms with E-state index >= 15 is 0 Å². The molecule has 1 aromatic heterocycles. The summed E-state index contributed by atoms with van der Waals surface area (Å²) in [4.78, 5) is 6.28. The predicted octanol–water partition coefficient (Wildman–Crippen LogP) is 0.970. The van der Waals surface area contributed by atoms with Gasteiger partial charge in [0.2, 0.25) is 0 Å². The van der Waals surface area contributed by atoms with Gasteiger partial charge < -0.3 is 10.6 Å². The van der Waals surface area contributed by atoms with Crippen LogP contribution in [0.3, 0.4) is 0 Å². The van der Waals surface area contributed by atoms with Crippen molar-refractivity contribution < 1.29 is 4.21 Å². The fourth-order valence-electron chi connectivity index (χ4n) is 2.96. The SMILES string of the molecule is C=S(=O)(C1CCN(c2ccncc2N)CC1)N1CCC1. The van der Waals surface area contributed by atoms with Crippen LogP contribution in [0.1, 0.15) is 19.3 Å². The Morgan fingerprint density at radius 3 is 2.55 bits per heavy atom. The molecule has 6 heteroatoms. The highest BCUT2D eigenvalue weighted by Crippen LogP contribution is 2.29. The number of piperidine rings is 1. The van der Waals surface area contributed by atoms with E-state index in [4.69, 9.17) is 5.73 Å². The minimum Gasteiger partial charge on any atom is -0.396 e. The van der Waals surface area contributed by atoms with Crippen molar-refractivity contribution in [2.75, 3.05) is 36.8 Å². The van der Waals surface area contributed by atoms with Crippen LogP contribution in [0.2, 0.25) is 0 Å². The molecule has 110 valence electrons. The summed E-state index contributed by atoms with van der Waals surface area (Å²) >= 11 is 0. The van der Waals surface area contributed by atoms with E-state index in [1.54, 1.807) is 12.4 Å². The molecule has 0 spiro atoms. The lowest BCUT2D eigenvalue weighted by molar-refractivity contribution is 0.320. The Morgan fingerprint density at radius 1 is 1.30 bits per heavy atom. The molecule has 0 radical (unpaired) electrons. The number of hydrogen-bond acceptors (Lipinski definition) is 4. The van der Waals surface area contributed by atoms with Crippen molar-refractivity contribution in [3.8, 4) is 0 Å². The van der Waals surface area contributed by atoms with Gasteiger partial charge in [-0.05, 0) is 31.2 Å². The van der Waals surface area contributed by atoms with Gasteiger partial charge in [-0.2, -0.15) is 0 Å². The molecule has 1 aromatic rings. The Hall–Kier alpha value is -1.27. The fourth-order valence-corrected chi connectivity index (χ4v) is 5.20. The summed E-state index contributed by atoms with van der Waals surface area (Å²) < 4.78 is 14.9. The van der Waals surface area contributed by atoms with Crippen LogP contribution in [0.25, 0.3) is 0 Å². The third-order valence-electron chi connectivity index (χ3n) is 4.38. The van der Waals surface area contributed by atoms with Gasteiger partial charge in [0.25, 0.3) is 0 Å². The third kappa shape index (κ3) is 2.38. The van der Waals surface area contributed by atoms with E-state index in [1.165, 1.54) is 0 Å². The number of hydrogen-bond donors (Lipinski definition) is 1. The number of nitrogens with zero attached hydrogens (tertiary/aromatic N) is 3. The van der Waals surface area contributed by atoms with Gasteiger partial charge in [-0.15, -0.1) is 0 Å². The Bertz CT molecular complexity index is 575. The molecule has 20 heavy (non-hydrogen) atoms. The Labute approximate surface area is 120 Å². The second-order valence-corrected chi connectivity index (χ2v) is 8.16. The normalized spacial score (nSPS) is 24.1. The van der Waals surface area contributed by atoms with E-state index in [0.717, 1.165) is 51.1 Å². The molecule has 2 fully saturated rings. The zero-order valence-electron chi connectivity index (χ0n) is 11.7. The minimum absolute atomic E-state index is 0.210. The topological polar surface area (TPSA) is 62.5 Å². The highest BCUT2D eigenvalue weighted by Gasteiger charge is 2.32. The van der Waals surface area contributed by atoms with Crippen LogP contribution in [0.15, 0.2) is 18.5 Å². The highest BCUT2D eigenvalue weighted by molar-refractivity contribution is 7.98. The summed E-state index contributed by atoms with van der Waals surface area (Å²) in [6.07, 6.45) is 6.44. The summed E-state index contributed by atoms with van der Waals surface area (Å²) in [6.45, 7) is 3.66. The van der Waals surface area contributed by atoms with Gasteiger partial charge in [0, 0.05) is 47.3 Å². The number of aromatic nitrogens is 1. The number of nitrogens with two attached hydrogens (primary N) is 1. The second kappa shape index (κ2) is 5.26. The number of pyridine rings is 1. The van der Waals surface area contributed by atoms with E-state index < -0.39 is 9.71 Å². The van der Waals surface area contributed by atoms with Crippen molar-refractivity contribution in [3.63, 3.8) is 0 Å². The molecule has 2 aliphatic heterocycles. The van der Waals surface area contributed by atoms with Crippen molar-refractivity contribution in [1.82, 2.24) is 9.29 Å². The molecule has 3 rings (SSSR count). The first kappa shape index (κ1) is 13.7. The quantitative estimate of drug-likeness (QED) is 0.844. The van der Waals surface area contributed by atoms with Crippen molar-refractivity contribution in [3.05, 3.63) is 18.5 Å². The first-order chi connectivity index (χ1) is 9.59. The monoisotopic (exact) mass is 294 g/mol. The van der Waals surface area contributed by atoms with Crippen LogP contribution in [0, 0.1) is 0 Å². The highest BCUT2D eigenvalue weighted by atomic mass is 32.2. The molecule has 3 heterocycles. The van der Waals surface area contributed by atoms with Gasteiger partial charge in [-0.25, -0.2) is 4.31 Å². The average Bonchev–Trinajstić information content (AvgIpc) is 2.37. The van der Waals surface area contributed by atoms with Crippen LogP contribution < -0.4 is 10.6 Å². The molecular weight excluding hydrogens is 272 g/mol. The van der Waals surface area contributed by atoms with Crippen molar-refractivity contribution >= 4 is 27.0 Å². The second-order valence-electron chi connectivity index (χ2n) is 5.59. The molecule has 1 unspecified atom stereocenters. The molecule has 0 aromatic carbocycles. The maximum absolute atomic E-state index is 12.8. The molecule has 2 N–H and O–H groups in total. The fraction of sp³-hybridized carbons (Fsp3) is 0.571. The molecule has 0 saturated carbocycles. The molecule has 5 nitrogen and oxygen atoms in total. The van der Waals surface area contributed by atoms with E-state index in [9.17, 15) is 4.21 Å². The zero-order valence-corrected chi connectivity index (χ0v) is 12.5. The van der Waals surface area contributed by atoms with E-state index in [2.05, 4.69) is 20.1 Å². The average molecular weight is 294 g/mol. The lowest BCUT2D eigenvalue weighted by Crippen LogP contribution is -2.50. The van der Waals surface area contributed by atoms with Gasteiger partial charge in [0.15, 0.2) is 0 Å². The van der Waals surface area contributed by atoms with E-state index in [1.807, 2.05) is 6.07 Å². The van der Waals surface area contributed by atoms with Gasteiger partial charge in [-0.3, -0.25) is 9.19 Å². The van der Waals surface area contributed by atoms with Gasteiger partial charge in [0.1, 0.15) is 0 Å². The van der Waals surface area contributed by atoms with Crippen LogP contribution in [-0.2, 0) is 9.71 Å². The van der Waals surface area contributed by atoms with Gasteiger partial charge in [0.05, 0.1) is 17.6 Å². The van der Waals surface area contributed by atoms with Crippen molar-refractivity contribution in [2.45, 2.75) is 24.5 Å². The van der Waals surface area contributed by atoms with Crippen LogP contribution in [-0.4, -0.2) is 50.8 Å². The minimum atomic E-state index is -2.08. The Morgan fingerprint density at radius 2 is 2.00 bits per heavy atom. The molecule has 2 aliphatic rings. The van der Waals surface area contributed by atoms with Crippen LogP contribution in [0.5, 0.6) is 0 Å². The van der Waals surface area contributed by atoms with Crippen LogP contribution >= 0.6 is 0 Å². The Kier molecular flexibility index (Phi) is 3.60. The Balaban J connectivity index is 1.67. The van der Waals surface area contributed by atoms with Crippen LogP contribution in [0.4, 0.5) is 11.4 Å². The summed E-state index contributed by atoms with van der Waals surface area (Å²) in [6, 6.07) is 1.95. The smallest absolute Gasteiger partial charge is 0.0738 e. The van der Waals surface area contributed by atoms with Crippen molar-refractivity contribution in [1.29, 1.82) is 0 Å². The van der Waals surface area contributed by atoms with Gasteiger partial charge in [-0.1, -0.05) is 0 Å². The van der Waals surface area contributed by atoms with Gasteiger partial charge >= 0.3 is 0 Å².